The highest BCUT2D eigenvalue weighted by Gasteiger charge is 2.14. The Morgan fingerprint density at radius 3 is 2.55 bits per heavy atom. The normalized spacial score (nSPS) is 10.9. The van der Waals surface area contributed by atoms with Crippen LogP contribution in [0.1, 0.15) is 28.8 Å². The lowest BCUT2D eigenvalue weighted by Gasteiger charge is -2.19. The van der Waals surface area contributed by atoms with E-state index in [0.717, 1.165) is 28.7 Å². The first-order chi connectivity index (χ1) is 15.0. The van der Waals surface area contributed by atoms with Gasteiger partial charge in [-0.05, 0) is 43.2 Å². The fourth-order valence-corrected chi connectivity index (χ4v) is 3.11. The van der Waals surface area contributed by atoms with Crippen LogP contribution in [0.15, 0.2) is 83.5 Å². The lowest BCUT2D eigenvalue weighted by molar-refractivity contribution is -0.131. The maximum atomic E-state index is 12.9. The van der Waals surface area contributed by atoms with Crippen LogP contribution < -0.4 is 4.74 Å². The second-order valence-electron chi connectivity index (χ2n) is 7.05. The number of carboxylic acids is 1. The van der Waals surface area contributed by atoms with E-state index in [-0.39, 0.29) is 5.91 Å². The number of allylic oxidation sites excluding steroid dienone is 1. The fourth-order valence-electron chi connectivity index (χ4n) is 3.11. The van der Waals surface area contributed by atoms with Gasteiger partial charge in [0.15, 0.2) is 0 Å². The largest absolute Gasteiger partial charge is 0.493 e. The van der Waals surface area contributed by atoms with Crippen molar-refractivity contribution in [3.8, 4) is 17.1 Å². The molecule has 3 rings (SSSR count). The molecule has 160 valence electrons. The summed E-state index contributed by atoms with van der Waals surface area (Å²) in [5, 5.41) is 8.60. The quantitative estimate of drug-likeness (QED) is 0.369. The first kappa shape index (κ1) is 21.9. The molecule has 0 bridgehead atoms. The molecule has 0 saturated heterocycles. The molecule has 0 aliphatic carbocycles. The number of hydrogen-bond donors (Lipinski definition) is 1. The van der Waals surface area contributed by atoms with Crippen LogP contribution >= 0.6 is 0 Å². The van der Waals surface area contributed by atoms with E-state index >= 15 is 0 Å². The molecule has 0 fully saturated rings. The number of unbranched alkanes of at least 4 members (excludes halogenated alkanes) is 1. The molecule has 0 unspecified atom stereocenters. The zero-order chi connectivity index (χ0) is 22.1. The third-order valence-corrected chi connectivity index (χ3v) is 4.70. The zero-order valence-corrected chi connectivity index (χ0v) is 17.4. The molecule has 0 radical (unpaired) electrons. The molecule has 6 heteroatoms. The number of ether oxygens (including phenoxy) is 1. The molecule has 0 aliphatic rings. The average Bonchev–Trinajstić information content (AvgIpc) is 3.31. The smallest absolute Gasteiger partial charge is 0.327 e. The van der Waals surface area contributed by atoms with Gasteiger partial charge in [-0.2, -0.15) is 0 Å². The van der Waals surface area contributed by atoms with E-state index in [0.29, 0.717) is 31.6 Å². The monoisotopic (exact) mass is 419 g/mol. The maximum absolute atomic E-state index is 12.9. The number of para-hydroxylation sites is 1. The van der Waals surface area contributed by atoms with Crippen LogP contribution in [0.2, 0.25) is 0 Å². The molecule has 1 heterocycles. The summed E-state index contributed by atoms with van der Waals surface area (Å²) in [5.41, 5.74) is 2.43. The second-order valence-corrected chi connectivity index (χ2v) is 7.05. The molecule has 1 aromatic heterocycles. The van der Waals surface area contributed by atoms with Crippen molar-refractivity contribution in [2.45, 2.75) is 19.4 Å². The number of hydrogen-bond acceptors (Lipinski definition) is 4. The van der Waals surface area contributed by atoms with Crippen LogP contribution in [-0.4, -0.2) is 35.5 Å². The van der Waals surface area contributed by atoms with Crippen LogP contribution in [0.5, 0.6) is 5.75 Å². The standard InChI is InChI=1S/C25H25NO5/c1-26(25(29)20-14-12-19(13-15-20)22-10-7-17-31-22)18-21-8-4-5-9-23(21)30-16-6-2-3-11-24(27)28/h3-5,7-15,17H,2,6,16,18H2,1H3,(H,27,28)/b11-3+. The first-order valence-corrected chi connectivity index (χ1v) is 10.0. The number of furan rings is 1. The van der Waals surface area contributed by atoms with Crippen LogP contribution in [0.25, 0.3) is 11.3 Å². The SMILES string of the molecule is CN(Cc1ccccc1OCCC/C=C/C(=O)O)C(=O)c1ccc(-c2ccco2)cc1. The van der Waals surface area contributed by atoms with Gasteiger partial charge in [0.25, 0.3) is 5.91 Å². The molecule has 0 aliphatic heterocycles. The average molecular weight is 419 g/mol. The second kappa shape index (κ2) is 10.8. The highest BCUT2D eigenvalue weighted by atomic mass is 16.5. The van der Waals surface area contributed by atoms with Crippen LogP contribution in [-0.2, 0) is 11.3 Å². The number of carbonyl (C=O) groups is 2. The summed E-state index contributed by atoms with van der Waals surface area (Å²) in [4.78, 5) is 25.0. The number of carbonyl (C=O) groups excluding carboxylic acids is 1. The van der Waals surface area contributed by atoms with Crippen molar-refractivity contribution >= 4 is 11.9 Å². The predicted molar refractivity (Wildman–Crippen MR) is 118 cm³/mol. The summed E-state index contributed by atoms with van der Waals surface area (Å²) in [7, 11) is 1.76. The van der Waals surface area contributed by atoms with Gasteiger partial charge in [0.05, 0.1) is 12.9 Å². The number of rotatable bonds is 10. The van der Waals surface area contributed by atoms with E-state index in [1.807, 2.05) is 48.5 Å². The number of carboxylic acid groups (broad SMARTS) is 1. The molecule has 3 aromatic rings. The molecule has 31 heavy (non-hydrogen) atoms. The van der Waals surface area contributed by atoms with Gasteiger partial charge in [0, 0.05) is 36.4 Å². The maximum Gasteiger partial charge on any atom is 0.327 e. The minimum absolute atomic E-state index is 0.0837. The van der Waals surface area contributed by atoms with Gasteiger partial charge in [-0.1, -0.05) is 36.4 Å². The molecule has 6 nitrogen and oxygen atoms in total. The van der Waals surface area contributed by atoms with Gasteiger partial charge in [-0.25, -0.2) is 4.79 Å². The Morgan fingerprint density at radius 1 is 1.06 bits per heavy atom. The molecular weight excluding hydrogens is 394 g/mol. The van der Waals surface area contributed by atoms with E-state index in [1.165, 1.54) is 0 Å². The van der Waals surface area contributed by atoms with E-state index < -0.39 is 5.97 Å². The minimum Gasteiger partial charge on any atom is -0.493 e. The lowest BCUT2D eigenvalue weighted by atomic mass is 10.1. The van der Waals surface area contributed by atoms with Crippen LogP contribution in [0, 0.1) is 0 Å². The van der Waals surface area contributed by atoms with E-state index in [1.54, 1.807) is 36.4 Å². The van der Waals surface area contributed by atoms with Gasteiger partial charge in [-0.15, -0.1) is 0 Å². The number of benzene rings is 2. The minimum atomic E-state index is -0.949. The van der Waals surface area contributed by atoms with Crippen molar-refractivity contribution in [2.75, 3.05) is 13.7 Å². The van der Waals surface area contributed by atoms with Crippen LogP contribution in [0.4, 0.5) is 0 Å². The topological polar surface area (TPSA) is 80.0 Å². The Labute approximate surface area is 181 Å². The van der Waals surface area contributed by atoms with Crippen LogP contribution in [0.3, 0.4) is 0 Å². The molecule has 0 atom stereocenters. The lowest BCUT2D eigenvalue weighted by Crippen LogP contribution is -2.26. The van der Waals surface area contributed by atoms with Crippen molar-refractivity contribution in [1.82, 2.24) is 4.90 Å². The highest BCUT2D eigenvalue weighted by molar-refractivity contribution is 5.94. The Balaban J connectivity index is 1.57. The Bertz CT molecular complexity index is 1020. The molecule has 0 saturated carbocycles. The third-order valence-electron chi connectivity index (χ3n) is 4.70. The summed E-state index contributed by atoms with van der Waals surface area (Å²) in [6.07, 6.45) is 5.70. The van der Waals surface area contributed by atoms with Crippen molar-refractivity contribution in [3.05, 3.63) is 90.2 Å². The van der Waals surface area contributed by atoms with Gasteiger partial charge in [0.2, 0.25) is 0 Å². The van der Waals surface area contributed by atoms with Crippen molar-refractivity contribution in [1.29, 1.82) is 0 Å². The summed E-state index contributed by atoms with van der Waals surface area (Å²) in [6.45, 7) is 0.876. The summed E-state index contributed by atoms with van der Waals surface area (Å²) in [5.74, 6) is 0.448. The number of amides is 1. The Morgan fingerprint density at radius 2 is 1.84 bits per heavy atom. The first-order valence-electron chi connectivity index (χ1n) is 10.0. The van der Waals surface area contributed by atoms with E-state index in [2.05, 4.69) is 0 Å². The Hall–Kier alpha value is -3.80. The summed E-state index contributed by atoms with van der Waals surface area (Å²) >= 11 is 0. The van der Waals surface area contributed by atoms with Gasteiger partial charge in [-0.3, -0.25) is 4.79 Å². The fraction of sp³-hybridized carbons (Fsp3) is 0.200. The van der Waals surface area contributed by atoms with E-state index in [9.17, 15) is 9.59 Å². The predicted octanol–water partition coefficient (Wildman–Crippen LogP) is 5.02. The molecule has 2 aromatic carbocycles. The zero-order valence-electron chi connectivity index (χ0n) is 17.4. The molecule has 0 spiro atoms. The number of nitrogens with zero attached hydrogens (tertiary/aromatic N) is 1. The van der Waals surface area contributed by atoms with Crippen molar-refractivity contribution < 1.29 is 23.8 Å². The van der Waals surface area contributed by atoms with Crippen molar-refractivity contribution in [3.63, 3.8) is 0 Å². The Kier molecular flexibility index (Phi) is 7.65. The van der Waals surface area contributed by atoms with Gasteiger partial charge in [0.1, 0.15) is 11.5 Å². The highest BCUT2D eigenvalue weighted by Crippen LogP contribution is 2.23. The summed E-state index contributed by atoms with van der Waals surface area (Å²) < 4.78 is 11.2. The van der Waals surface area contributed by atoms with Gasteiger partial charge >= 0.3 is 5.97 Å². The molecule has 1 N–H and O–H groups in total. The van der Waals surface area contributed by atoms with Gasteiger partial charge < -0.3 is 19.2 Å². The molecular formula is C25H25NO5. The third kappa shape index (κ3) is 6.34. The summed E-state index contributed by atoms with van der Waals surface area (Å²) in [6, 6.07) is 18.6. The number of aliphatic carboxylic acids is 1. The van der Waals surface area contributed by atoms with Crippen molar-refractivity contribution in [2.24, 2.45) is 0 Å². The van der Waals surface area contributed by atoms with E-state index in [4.69, 9.17) is 14.3 Å². The molecule has 1 amide bonds.